The molecule has 0 saturated heterocycles. The van der Waals surface area contributed by atoms with Gasteiger partial charge in [-0.05, 0) is 23.8 Å². The highest BCUT2D eigenvalue weighted by Crippen LogP contribution is 2.40. The van der Waals surface area contributed by atoms with Crippen molar-refractivity contribution in [2.45, 2.75) is 12.4 Å². The fraction of sp³-hybridized carbons (Fsp3) is 0.0870. The molecule has 0 aliphatic rings. The lowest BCUT2D eigenvalue weighted by Crippen LogP contribution is -2.26. The smallest absolute Gasteiger partial charge is 0.192 e. The molecule has 2 aromatic carbocycles. The number of hydrogen-bond donors (Lipinski definition) is 0. The first-order valence-corrected chi connectivity index (χ1v) is 8.93. The van der Waals surface area contributed by atoms with Crippen molar-refractivity contribution in [3.63, 3.8) is 0 Å². The zero-order chi connectivity index (χ0) is 27.4. The van der Waals surface area contributed by atoms with E-state index in [0.717, 1.165) is 6.07 Å². The van der Waals surface area contributed by atoms with E-state index in [-0.39, 0.29) is 12.1 Å². The number of alkyl halides is 6. The minimum atomic E-state index is -5.46. The highest BCUT2D eigenvalue weighted by molar-refractivity contribution is 5.82. The molecule has 0 spiro atoms. The van der Waals surface area contributed by atoms with Crippen LogP contribution in [0.2, 0.25) is 0 Å². The largest absolute Gasteiger partial charge is 0.417 e. The van der Waals surface area contributed by atoms with Crippen LogP contribution in [0.5, 0.6) is 0 Å². The van der Waals surface area contributed by atoms with Crippen LogP contribution in [0.1, 0.15) is 38.9 Å². The van der Waals surface area contributed by atoms with Gasteiger partial charge >= 0.3 is 12.4 Å². The lowest BCUT2D eigenvalue weighted by Gasteiger charge is -2.17. The summed E-state index contributed by atoms with van der Waals surface area (Å²) in [5.41, 5.74) is -10.7. The van der Waals surface area contributed by atoms with Gasteiger partial charge in [-0.15, -0.1) is 0 Å². The maximum Gasteiger partial charge on any atom is 0.417 e. The summed E-state index contributed by atoms with van der Waals surface area (Å²) >= 11 is 0. The second-order valence-electron chi connectivity index (χ2n) is 6.57. The normalized spacial score (nSPS) is 11.3. The van der Waals surface area contributed by atoms with Crippen molar-refractivity contribution in [3.8, 4) is 42.5 Å². The van der Waals surface area contributed by atoms with Crippen LogP contribution in [0, 0.1) is 79.3 Å². The molecule has 0 bridgehead atoms. The van der Waals surface area contributed by atoms with Gasteiger partial charge in [-0.25, -0.2) is 0 Å². The van der Waals surface area contributed by atoms with E-state index < -0.39 is 72.9 Å². The first-order valence-electron chi connectivity index (χ1n) is 8.93. The molecule has 0 radical (unpaired) electrons. The molecular weight excluding hydrogens is 488 g/mol. The van der Waals surface area contributed by atoms with Gasteiger partial charge in [-0.2, -0.15) is 63.2 Å². The van der Waals surface area contributed by atoms with Crippen molar-refractivity contribution >= 4 is 11.1 Å². The summed E-state index contributed by atoms with van der Waals surface area (Å²) in [5, 5.41) is 64.3. The Morgan fingerprint density at radius 1 is 0.583 bits per heavy atom. The molecule has 0 saturated carbocycles. The average molecular weight is 491 g/mol. The van der Waals surface area contributed by atoms with Crippen molar-refractivity contribution in [1.29, 1.82) is 36.8 Å². The van der Waals surface area contributed by atoms with Crippen LogP contribution in [0.3, 0.4) is 0 Å². The predicted molar refractivity (Wildman–Crippen MR) is 104 cm³/mol. The fourth-order valence-corrected chi connectivity index (χ4v) is 3.23. The maximum absolute atomic E-state index is 13.5. The van der Waals surface area contributed by atoms with Gasteiger partial charge in [0, 0.05) is 10.4 Å². The maximum atomic E-state index is 13.5. The third-order valence-electron chi connectivity index (χ3n) is 4.68. The summed E-state index contributed by atoms with van der Waals surface area (Å²) in [4.78, 5) is 0. The van der Waals surface area contributed by atoms with Crippen LogP contribution in [0.15, 0.2) is 18.2 Å². The zero-order valence-electron chi connectivity index (χ0n) is 17.1. The van der Waals surface area contributed by atoms with Crippen LogP contribution in [0.4, 0.5) is 26.3 Å². The molecule has 172 valence electrons. The highest BCUT2D eigenvalue weighted by atomic mass is 19.4. The quantitative estimate of drug-likeness (QED) is 0.552. The Balaban J connectivity index is 3.39. The van der Waals surface area contributed by atoms with Gasteiger partial charge in [0.15, 0.2) is 0 Å². The van der Waals surface area contributed by atoms with Crippen LogP contribution >= 0.6 is 0 Å². The Hall–Kier alpha value is -5.81. The van der Waals surface area contributed by atoms with Crippen LogP contribution in [-0.4, -0.2) is 0 Å². The summed E-state index contributed by atoms with van der Waals surface area (Å²) in [7, 11) is 0. The Labute approximate surface area is 197 Å². The number of benzene rings is 2. The second-order valence-corrected chi connectivity index (χ2v) is 6.57. The first-order chi connectivity index (χ1) is 16.8. The van der Waals surface area contributed by atoms with E-state index >= 15 is 0 Å². The Kier molecular flexibility index (Phi) is 7.04. The highest BCUT2D eigenvalue weighted by Gasteiger charge is 2.42. The van der Waals surface area contributed by atoms with E-state index in [1.807, 2.05) is 0 Å². The molecule has 13 heteroatoms. The van der Waals surface area contributed by atoms with Crippen molar-refractivity contribution in [1.82, 2.24) is 0 Å². The van der Waals surface area contributed by atoms with Crippen LogP contribution in [-0.2, 0) is 12.4 Å². The van der Waals surface area contributed by atoms with Gasteiger partial charge in [0.25, 0.3) is 0 Å². The van der Waals surface area contributed by atoms with E-state index in [1.165, 1.54) is 36.4 Å². The van der Waals surface area contributed by atoms with Crippen molar-refractivity contribution in [2.75, 3.05) is 0 Å². The van der Waals surface area contributed by atoms with Gasteiger partial charge in [-0.1, -0.05) is 0 Å². The van der Waals surface area contributed by atoms with Crippen LogP contribution in [0.25, 0.3) is 11.1 Å². The number of hydrogen-bond acceptors (Lipinski definition) is 7. The van der Waals surface area contributed by atoms with Gasteiger partial charge in [0.1, 0.15) is 42.0 Å². The van der Waals surface area contributed by atoms with Crippen molar-refractivity contribution in [2.24, 2.45) is 0 Å². The van der Waals surface area contributed by atoms with E-state index in [1.54, 1.807) is 0 Å². The molecule has 0 atom stereocenters. The average Bonchev–Trinajstić information content (AvgIpc) is 2.83. The Bertz CT molecular complexity index is 1680. The molecule has 0 N–H and O–H groups in total. The summed E-state index contributed by atoms with van der Waals surface area (Å²) in [6.45, 7) is 0. The second kappa shape index (κ2) is 9.59. The molecule has 0 fully saturated rings. The standard InChI is InChI=1S/C23H3F6N7/c24-22(25,26)19-2-11(3-20(18(19)10-36)23(27,28)29)15(7-33)14-1-12(4-30)21(13(5-31)6-32)17(9-35)16(14)8-34/h1-3H/b15-14+. The van der Waals surface area contributed by atoms with E-state index in [4.69, 9.17) is 15.8 Å². The number of halogens is 6. The lowest BCUT2D eigenvalue weighted by molar-refractivity contribution is -0.143. The Morgan fingerprint density at radius 2 is 1.06 bits per heavy atom. The summed E-state index contributed by atoms with van der Waals surface area (Å²) in [5.74, 6) is 0. The van der Waals surface area contributed by atoms with E-state index in [9.17, 15) is 47.4 Å². The number of rotatable bonds is 1. The summed E-state index contributed by atoms with van der Waals surface area (Å²) in [6, 6.07) is 10.4. The molecule has 2 rings (SSSR count). The van der Waals surface area contributed by atoms with Gasteiger partial charge in [0.2, 0.25) is 0 Å². The Morgan fingerprint density at radius 3 is 1.39 bits per heavy atom. The lowest BCUT2D eigenvalue weighted by atomic mass is 9.90. The van der Waals surface area contributed by atoms with Gasteiger partial charge < -0.3 is 0 Å². The molecule has 2 aromatic rings. The third kappa shape index (κ3) is 4.48. The number of nitrogens with zero attached hydrogens (tertiary/aromatic N) is 7. The molecule has 7 nitrogen and oxygen atoms in total. The monoisotopic (exact) mass is 491 g/mol. The number of nitriles is 7. The third-order valence-corrected chi connectivity index (χ3v) is 4.68. The molecule has 0 amide bonds. The molecule has 0 heterocycles. The van der Waals surface area contributed by atoms with Gasteiger partial charge in [-0.3, -0.25) is 0 Å². The summed E-state index contributed by atoms with van der Waals surface area (Å²) < 4.78 is 81.3. The molecule has 0 aliphatic carbocycles. The summed E-state index contributed by atoms with van der Waals surface area (Å²) in [6.07, 6.45) is -10.9. The molecule has 0 aliphatic heterocycles. The van der Waals surface area contributed by atoms with Crippen molar-refractivity contribution < 1.29 is 26.3 Å². The molecule has 0 unspecified atom stereocenters. The van der Waals surface area contributed by atoms with E-state index in [0.29, 0.717) is 6.07 Å². The first kappa shape index (κ1) is 26.4. The zero-order valence-corrected chi connectivity index (χ0v) is 17.1. The topological polar surface area (TPSA) is 167 Å². The van der Waals surface area contributed by atoms with Gasteiger partial charge in [0.05, 0.1) is 45.0 Å². The SMILES string of the molecule is N#CC(C#N)=c1c(C#N)c/c(=C(/C#N)c2cc(C(F)(F)F)c(C#N)c(C(F)(F)F)c2)c(C#N)c1C#N. The predicted octanol–water partition coefficient (Wildman–Crippen LogP) is 3.13. The van der Waals surface area contributed by atoms with Crippen molar-refractivity contribution in [3.05, 3.63) is 67.6 Å². The molecule has 36 heavy (non-hydrogen) atoms. The molecular formula is C23H3F6N7. The minimum absolute atomic E-state index is 0.0988. The fourth-order valence-electron chi connectivity index (χ4n) is 3.23. The van der Waals surface area contributed by atoms with Crippen LogP contribution < -0.4 is 10.4 Å². The van der Waals surface area contributed by atoms with E-state index in [2.05, 4.69) is 0 Å². The minimum Gasteiger partial charge on any atom is -0.192 e. The molecule has 0 aromatic heterocycles.